The molecule has 1 aromatic rings. The Balaban J connectivity index is 0.00000225. The summed E-state index contributed by atoms with van der Waals surface area (Å²) in [6, 6.07) is 6.82. The van der Waals surface area contributed by atoms with Crippen molar-refractivity contribution in [1.82, 2.24) is 5.32 Å². The van der Waals surface area contributed by atoms with Crippen molar-refractivity contribution >= 4 is 29.9 Å². The number of carbonyl (C=O) groups is 1. The van der Waals surface area contributed by atoms with Gasteiger partial charge in [-0.2, -0.15) is 0 Å². The number of halogens is 2. The molecule has 3 N–H and O–H groups in total. The minimum absolute atomic E-state index is 0. The molecule has 1 rings (SSSR count). The lowest BCUT2D eigenvalue weighted by Gasteiger charge is -2.16. The van der Waals surface area contributed by atoms with Crippen LogP contribution in [0.15, 0.2) is 24.3 Å². The Labute approximate surface area is 107 Å². The zero-order valence-electron chi connectivity index (χ0n) is 9.24. The number of hydrogen-bond acceptors (Lipinski definition) is 2. The van der Waals surface area contributed by atoms with Gasteiger partial charge in [-0.15, -0.1) is 12.4 Å². The Morgan fingerprint density at radius 2 is 2.06 bits per heavy atom. The third-order valence-electron chi connectivity index (χ3n) is 2.12. The van der Waals surface area contributed by atoms with E-state index in [1.54, 1.807) is 13.0 Å². The van der Waals surface area contributed by atoms with E-state index in [1.165, 1.54) is 0 Å². The Kier molecular flexibility index (Phi) is 6.41. The first-order chi connectivity index (χ1) is 7.00. The van der Waals surface area contributed by atoms with Gasteiger partial charge in [-0.3, -0.25) is 4.79 Å². The molecule has 0 aromatic heterocycles. The number of benzene rings is 1. The Bertz CT molecular complexity index is 356. The fraction of sp³-hybridized carbons (Fsp3) is 0.364. The van der Waals surface area contributed by atoms with E-state index in [0.29, 0.717) is 5.02 Å². The molecule has 0 unspecified atom stereocenters. The van der Waals surface area contributed by atoms with E-state index in [4.69, 9.17) is 17.3 Å². The molecule has 0 saturated carbocycles. The molecule has 0 spiro atoms. The van der Waals surface area contributed by atoms with Crippen LogP contribution >= 0.6 is 24.0 Å². The summed E-state index contributed by atoms with van der Waals surface area (Å²) in [4.78, 5) is 11.3. The highest BCUT2D eigenvalue weighted by Gasteiger charge is 2.12. The van der Waals surface area contributed by atoms with Gasteiger partial charge in [-0.05, 0) is 31.5 Å². The first-order valence-corrected chi connectivity index (χ1v) is 5.20. The summed E-state index contributed by atoms with van der Waals surface area (Å²) >= 11 is 5.85. The van der Waals surface area contributed by atoms with Gasteiger partial charge in [0, 0.05) is 5.02 Å². The summed E-state index contributed by atoms with van der Waals surface area (Å²) in [6.45, 7) is 3.55. The smallest absolute Gasteiger partial charge is 0.237 e. The van der Waals surface area contributed by atoms with Crippen LogP contribution in [-0.2, 0) is 4.79 Å². The van der Waals surface area contributed by atoms with Gasteiger partial charge in [-0.1, -0.05) is 23.7 Å². The van der Waals surface area contributed by atoms with Crippen molar-refractivity contribution in [2.75, 3.05) is 0 Å². The number of nitrogens with one attached hydrogen (secondary N) is 1. The molecule has 0 saturated heterocycles. The molecule has 3 nitrogen and oxygen atoms in total. The second kappa shape index (κ2) is 6.74. The summed E-state index contributed by atoms with van der Waals surface area (Å²) in [7, 11) is 0. The van der Waals surface area contributed by atoms with Gasteiger partial charge in [0.2, 0.25) is 5.91 Å². The average molecular weight is 263 g/mol. The van der Waals surface area contributed by atoms with Gasteiger partial charge in [0.25, 0.3) is 0 Å². The van der Waals surface area contributed by atoms with Crippen LogP contribution in [0.5, 0.6) is 0 Å². The van der Waals surface area contributed by atoms with Gasteiger partial charge in [-0.25, -0.2) is 0 Å². The molecule has 0 bridgehead atoms. The number of amides is 1. The van der Waals surface area contributed by atoms with E-state index in [-0.39, 0.29) is 24.4 Å². The molecule has 0 heterocycles. The van der Waals surface area contributed by atoms with E-state index < -0.39 is 6.04 Å². The average Bonchev–Trinajstić information content (AvgIpc) is 2.17. The first-order valence-electron chi connectivity index (χ1n) is 4.82. The largest absolute Gasteiger partial charge is 0.348 e. The number of hydrogen-bond donors (Lipinski definition) is 2. The fourth-order valence-corrected chi connectivity index (χ4v) is 1.40. The maximum Gasteiger partial charge on any atom is 0.237 e. The zero-order chi connectivity index (χ0) is 11.4. The van der Waals surface area contributed by atoms with E-state index in [9.17, 15) is 4.79 Å². The Hall–Kier alpha value is -0.770. The monoisotopic (exact) mass is 262 g/mol. The predicted octanol–water partition coefficient (Wildman–Crippen LogP) is 2.29. The van der Waals surface area contributed by atoms with Gasteiger partial charge >= 0.3 is 0 Å². The van der Waals surface area contributed by atoms with Crippen LogP contribution in [0.3, 0.4) is 0 Å². The molecular formula is C11H16Cl2N2O. The highest BCUT2D eigenvalue weighted by molar-refractivity contribution is 6.30. The lowest BCUT2D eigenvalue weighted by atomic mass is 10.1. The second-order valence-electron chi connectivity index (χ2n) is 3.57. The highest BCUT2D eigenvalue weighted by atomic mass is 35.5. The van der Waals surface area contributed by atoms with E-state index in [0.717, 1.165) is 5.56 Å². The molecule has 0 aliphatic carbocycles. The summed E-state index contributed by atoms with van der Waals surface area (Å²) in [5.41, 5.74) is 6.42. The van der Waals surface area contributed by atoms with Crippen LogP contribution in [-0.4, -0.2) is 11.9 Å². The van der Waals surface area contributed by atoms with E-state index >= 15 is 0 Å². The fourth-order valence-electron chi connectivity index (χ4n) is 1.20. The van der Waals surface area contributed by atoms with Gasteiger partial charge in [0.05, 0.1) is 12.1 Å². The van der Waals surface area contributed by atoms with Crippen molar-refractivity contribution in [2.24, 2.45) is 5.73 Å². The summed E-state index contributed by atoms with van der Waals surface area (Å²) in [6.07, 6.45) is 0. The third kappa shape index (κ3) is 4.39. The molecule has 90 valence electrons. The van der Waals surface area contributed by atoms with Crippen LogP contribution in [0.25, 0.3) is 0 Å². The van der Waals surface area contributed by atoms with Crippen molar-refractivity contribution in [3.8, 4) is 0 Å². The summed E-state index contributed by atoms with van der Waals surface area (Å²) in [5.74, 6) is -0.164. The molecule has 0 radical (unpaired) electrons. The van der Waals surface area contributed by atoms with Crippen molar-refractivity contribution in [2.45, 2.75) is 25.9 Å². The van der Waals surface area contributed by atoms with E-state index in [2.05, 4.69) is 5.32 Å². The lowest BCUT2D eigenvalue weighted by molar-refractivity contribution is -0.122. The van der Waals surface area contributed by atoms with Crippen LogP contribution in [0.1, 0.15) is 25.5 Å². The van der Waals surface area contributed by atoms with Crippen LogP contribution in [0, 0.1) is 0 Å². The maximum atomic E-state index is 11.3. The predicted molar refractivity (Wildman–Crippen MR) is 68.9 cm³/mol. The molecule has 0 aliphatic heterocycles. The Morgan fingerprint density at radius 3 is 2.56 bits per heavy atom. The first kappa shape index (κ1) is 15.2. The molecule has 5 heteroatoms. The lowest BCUT2D eigenvalue weighted by Crippen LogP contribution is -2.39. The van der Waals surface area contributed by atoms with Gasteiger partial charge < -0.3 is 11.1 Å². The standard InChI is InChI=1S/C11H15ClN2O.ClH/c1-7(13)11(15)14-8(2)9-4-3-5-10(12)6-9;/h3-8H,13H2,1-2H3,(H,14,15);1H/t7-,8+;/m0./s1. The van der Waals surface area contributed by atoms with E-state index in [1.807, 2.05) is 25.1 Å². The molecule has 0 aliphatic rings. The van der Waals surface area contributed by atoms with Crippen molar-refractivity contribution in [1.29, 1.82) is 0 Å². The van der Waals surface area contributed by atoms with Crippen molar-refractivity contribution in [3.05, 3.63) is 34.9 Å². The minimum Gasteiger partial charge on any atom is -0.348 e. The normalized spacial score (nSPS) is 13.5. The van der Waals surface area contributed by atoms with Crippen LogP contribution < -0.4 is 11.1 Å². The third-order valence-corrected chi connectivity index (χ3v) is 2.36. The highest BCUT2D eigenvalue weighted by Crippen LogP contribution is 2.17. The summed E-state index contributed by atoms with van der Waals surface area (Å²) in [5, 5.41) is 3.46. The molecule has 1 amide bonds. The number of rotatable bonds is 3. The second-order valence-corrected chi connectivity index (χ2v) is 4.01. The van der Waals surface area contributed by atoms with Gasteiger partial charge in [0.1, 0.15) is 0 Å². The number of carbonyl (C=O) groups excluding carboxylic acids is 1. The minimum atomic E-state index is -0.494. The molecule has 16 heavy (non-hydrogen) atoms. The topological polar surface area (TPSA) is 55.1 Å². The van der Waals surface area contributed by atoms with Gasteiger partial charge in [0.15, 0.2) is 0 Å². The van der Waals surface area contributed by atoms with Crippen molar-refractivity contribution < 1.29 is 4.79 Å². The number of nitrogens with two attached hydrogens (primary N) is 1. The maximum absolute atomic E-state index is 11.3. The zero-order valence-corrected chi connectivity index (χ0v) is 10.8. The van der Waals surface area contributed by atoms with Crippen LogP contribution in [0.4, 0.5) is 0 Å². The molecular weight excluding hydrogens is 247 g/mol. The molecule has 1 aromatic carbocycles. The Morgan fingerprint density at radius 1 is 1.44 bits per heavy atom. The quantitative estimate of drug-likeness (QED) is 0.879. The molecule has 0 fully saturated rings. The summed E-state index contributed by atoms with van der Waals surface area (Å²) < 4.78 is 0. The van der Waals surface area contributed by atoms with Crippen LogP contribution in [0.2, 0.25) is 5.02 Å². The van der Waals surface area contributed by atoms with Crippen molar-refractivity contribution in [3.63, 3.8) is 0 Å². The SMILES string of the molecule is C[C@H](N)C(=O)N[C@H](C)c1cccc(Cl)c1.Cl. The molecule has 2 atom stereocenters.